The second kappa shape index (κ2) is 15.5. The number of nitrogens with two attached hydrogens (primary N) is 1. The van der Waals surface area contributed by atoms with Crippen LogP contribution in [0.15, 0.2) is 82.4 Å². The second-order valence-corrected chi connectivity index (χ2v) is 9.11. The molecule has 3 aromatic carbocycles. The topological polar surface area (TPSA) is 109 Å². The standard InChI is InChI=1S/C16H18N4OS.C10H13NOS/c1-18-14(15(17)21)16(19-2)22-10-20-13-8-7-11-5-3-4-6-12(11)9-13;1-13-7-6-11-10-4-2-9(8-12)3-5-10/h3-9,19-20H,1,10H2,2H3,(H2,17,21);2-5,8,11H,6-7H2,1H3/b16-14-;. The van der Waals surface area contributed by atoms with Gasteiger partial charge in [-0.05, 0) is 60.1 Å². The monoisotopic (exact) mass is 509 g/mol. The van der Waals surface area contributed by atoms with Crippen LogP contribution in [0, 0.1) is 0 Å². The number of fused-ring (bicyclic) bond motifs is 1. The lowest BCUT2D eigenvalue weighted by atomic mass is 10.1. The van der Waals surface area contributed by atoms with Crippen LogP contribution >= 0.6 is 23.5 Å². The Balaban J connectivity index is 0.000000283. The Bertz CT molecular complexity index is 1150. The number of nitrogens with zero attached hydrogens (tertiary/aromatic N) is 1. The second-order valence-electron chi connectivity index (χ2n) is 7.14. The van der Waals surface area contributed by atoms with Crippen LogP contribution in [0.1, 0.15) is 10.4 Å². The Hall–Kier alpha value is -3.43. The summed E-state index contributed by atoms with van der Waals surface area (Å²) in [7, 11) is 1.71. The van der Waals surface area contributed by atoms with E-state index in [0.717, 1.165) is 35.5 Å². The van der Waals surface area contributed by atoms with E-state index in [1.165, 1.54) is 22.5 Å². The highest BCUT2D eigenvalue weighted by Crippen LogP contribution is 2.22. The molecule has 0 spiro atoms. The number of anilines is 2. The third-order valence-corrected chi connectivity index (χ3v) is 6.35. The number of thioether (sulfide) groups is 2. The zero-order valence-corrected chi connectivity index (χ0v) is 21.5. The van der Waals surface area contributed by atoms with Crippen molar-refractivity contribution in [2.24, 2.45) is 10.7 Å². The number of primary amides is 1. The molecular formula is C26H31N5O2S2. The Labute approximate surface area is 215 Å². The van der Waals surface area contributed by atoms with Crippen LogP contribution < -0.4 is 21.7 Å². The van der Waals surface area contributed by atoms with Crippen molar-refractivity contribution in [2.45, 2.75) is 0 Å². The van der Waals surface area contributed by atoms with Gasteiger partial charge in [0.25, 0.3) is 5.91 Å². The zero-order valence-electron chi connectivity index (χ0n) is 19.9. The number of hydrogen-bond acceptors (Lipinski definition) is 8. The molecule has 0 aliphatic rings. The lowest BCUT2D eigenvalue weighted by Gasteiger charge is -2.11. The number of aliphatic imine (C=N–C) groups is 1. The van der Waals surface area contributed by atoms with Gasteiger partial charge in [-0.3, -0.25) is 14.6 Å². The van der Waals surface area contributed by atoms with Gasteiger partial charge in [0.2, 0.25) is 0 Å². The third kappa shape index (κ3) is 9.38. The van der Waals surface area contributed by atoms with Crippen LogP contribution in [0.25, 0.3) is 10.8 Å². The number of amides is 1. The van der Waals surface area contributed by atoms with E-state index in [1.54, 1.807) is 7.05 Å². The van der Waals surface area contributed by atoms with Crippen molar-refractivity contribution in [3.05, 3.63) is 83.0 Å². The number of carbonyl (C=O) groups excluding carboxylic acids is 2. The molecule has 0 radical (unpaired) electrons. The number of nitrogens with one attached hydrogen (secondary N) is 3. The molecule has 0 saturated carbocycles. The maximum atomic E-state index is 11.3. The smallest absolute Gasteiger partial charge is 0.269 e. The van der Waals surface area contributed by atoms with Crippen molar-refractivity contribution < 1.29 is 9.59 Å². The van der Waals surface area contributed by atoms with E-state index < -0.39 is 5.91 Å². The van der Waals surface area contributed by atoms with E-state index in [2.05, 4.69) is 58.2 Å². The van der Waals surface area contributed by atoms with Gasteiger partial charge in [-0.25, -0.2) is 0 Å². The van der Waals surface area contributed by atoms with Crippen molar-refractivity contribution in [2.75, 3.05) is 42.1 Å². The zero-order chi connectivity index (χ0) is 25.5. The fraction of sp³-hybridized carbons (Fsp3) is 0.192. The molecule has 3 aromatic rings. The predicted octanol–water partition coefficient (Wildman–Crippen LogP) is 4.79. The summed E-state index contributed by atoms with van der Waals surface area (Å²) in [5, 5.41) is 12.4. The van der Waals surface area contributed by atoms with Gasteiger partial charge in [0.05, 0.1) is 5.88 Å². The third-order valence-electron chi connectivity index (χ3n) is 4.76. The van der Waals surface area contributed by atoms with E-state index >= 15 is 0 Å². The van der Waals surface area contributed by atoms with Crippen molar-refractivity contribution in [1.29, 1.82) is 0 Å². The van der Waals surface area contributed by atoms with Gasteiger partial charge in [0.15, 0.2) is 5.70 Å². The number of benzene rings is 3. The molecule has 184 valence electrons. The number of aldehydes is 1. The summed E-state index contributed by atoms with van der Waals surface area (Å²) in [6.45, 7) is 4.33. The number of carbonyl (C=O) groups is 2. The van der Waals surface area contributed by atoms with E-state index in [1.807, 2.05) is 54.2 Å². The first-order valence-corrected chi connectivity index (χ1v) is 13.2. The van der Waals surface area contributed by atoms with Crippen molar-refractivity contribution >= 4 is 64.6 Å². The molecule has 0 aliphatic carbocycles. The van der Waals surface area contributed by atoms with Gasteiger partial charge in [0, 0.05) is 36.3 Å². The average Bonchev–Trinajstić information content (AvgIpc) is 2.89. The molecule has 5 N–H and O–H groups in total. The molecule has 7 nitrogen and oxygen atoms in total. The molecule has 0 saturated heterocycles. The number of hydrogen-bond donors (Lipinski definition) is 4. The minimum Gasteiger partial charge on any atom is -0.384 e. The largest absolute Gasteiger partial charge is 0.384 e. The molecule has 0 aromatic heterocycles. The number of rotatable bonds is 12. The molecular weight excluding hydrogens is 478 g/mol. The van der Waals surface area contributed by atoms with Crippen LogP contribution in [0.2, 0.25) is 0 Å². The van der Waals surface area contributed by atoms with Gasteiger partial charge in [-0.15, -0.1) is 0 Å². The summed E-state index contributed by atoms with van der Waals surface area (Å²) in [5.41, 5.74) is 8.21. The molecule has 3 rings (SSSR count). The summed E-state index contributed by atoms with van der Waals surface area (Å²) in [6, 6.07) is 21.8. The van der Waals surface area contributed by atoms with Crippen LogP contribution in [-0.2, 0) is 4.79 Å². The maximum Gasteiger partial charge on any atom is 0.269 e. The molecule has 35 heavy (non-hydrogen) atoms. The van der Waals surface area contributed by atoms with Gasteiger partial charge in [-0.1, -0.05) is 42.1 Å². The minimum atomic E-state index is -0.599. The summed E-state index contributed by atoms with van der Waals surface area (Å²) in [5.74, 6) is 1.06. The normalized spacial score (nSPS) is 10.9. The first-order chi connectivity index (χ1) is 17.0. The van der Waals surface area contributed by atoms with Crippen molar-refractivity contribution in [3.63, 3.8) is 0 Å². The Kier molecular flexibility index (Phi) is 12.3. The summed E-state index contributed by atoms with van der Waals surface area (Å²) >= 11 is 3.22. The van der Waals surface area contributed by atoms with Gasteiger partial charge in [0.1, 0.15) is 11.3 Å². The molecule has 0 fully saturated rings. The van der Waals surface area contributed by atoms with Crippen molar-refractivity contribution in [1.82, 2.24) is 5.32 Å². The summed E-state index contributed by atoms with van der Waals surface area (Å²) in [4.78, 5) is 25.3. The van der Waals surface area contributed by atoms with Crippen molar-refractivity contribution in [3.8, 4) is 0 Å². The van der Waals surface area contributed by atoms with Gasteiger partial charge < -0.3 is 21.7 Å². The highest BCUT2D eigenvalue weighted by molar-refractivity contribution is 8.03. The summed E-state index contributed by atoms with van der Waals surface area (Å²) < 4.78 is 0. The van der Waals surface area contributed by atoms with Crippen LogP contribution in [-0.4, -0.2) is 50.4 Å². The minimum absolute atomic E-state index is 0.146. The molecule has 0 heterocycles. The molecule has 9 heteroatoms. The Morgan fingerprint density at radius 2 is 1.71 bits per heavy atom. The Morgan fingerprint density at radius 3 is 2.31 bits per heavy atom. The van der Waals surface area contributed by atoms with Crippen LogP contribution in [0.4, 0.5) is 11.4 Å². The van der Waals surface area contributed by atoms with Crippen LogP contribution in [0.5, 0.6) is 0 Å². The first-order valence-electron chi connectivity index (χ1n) is 10.8. The summed E-state index contributed by atoms with van der Waals surface area (Å²) in [6.07, 6.45) is 2.93. The van der Waals surface area contributed by atoms with Crippen LogP contribution in [0.3, 0.4) is 0 Å². The lowest BCUT2D eigenvalue weighted by Crippen LogP contribution is -2.19. The highest BCUT2D eigenvalue weighted by atomic mass is 32.2. The maximum absolute atomic E-state index is 11.3. The molecule has 0 aliphatic heterocycles. The molecule has 0 bridgehead atoms. The predicted molar refractivity (Wildman–Crippen MR) is 154 cm³/mol. The average molecular weight is 510 g/mol. The van der Waals surface area contributed by atoms with E-state index in [0.29, 0.717) is 10.9 Å². The van der Waals surface area contributed by atoms with Gasteiger partial charge >= 0.3 is 0 Å². The fourth-order valence-electron chi connectivity index (χ4n) is 2.99. The fourth-order valence-corrected chi connectivity index (χ4v) is 4.12. The highest BCUT2D eigenvalue weighted by Gasteiger charge is 2.10. The molecule has 0 unspecified atom stereocenters. The quantitative estimate of drug-likeness (QED) is 0.0914. The molecule has 0 atom stereocenters. The van der Waals surface area contributed by atoms with E-state index in [-0.39, 0.29) is 5.70 Å². The van der Waals surface area contributed by atoms with Gasteiger partial charge in [-0.2, -0.15) is 11.8 Å². The SMILES string of the molecule is C=N/C(C(N)=O)=C(/NC)SCNc1ccc2ccccc2c1.CSCCNc1ccc(C=O)cc1. The molecule has 1 amide bonds. The Morgan fingerprint density at radius 1 is 1.03 bits per heavy atom. The van der Waals surface area contributed by atoms with E-state index in [9.17, 15) is 9.59 Å². The first kappa shape index (κ1) is 27.8. The van der Waals surface area contributed by atoms with E-state index in [4.69, 9.17) is 5.73 Å². The lowest BCUT2D eigenvalue weighted by molar-refractivity contribution is -0.114.